The molecule has 0 aliphatic rings. The molecule has 0 saturated heterocycles. The quantitative estimate of drug-likeness (QED) is 0.768. The van der Waals surface area contributed by atoms with Gasteiger partial charge in [-0.2, -0.15) is 0 Å². The molecule has 0 aromatic heterocycles. The van der Waals surface area contributed by atoms with E-state index in [4.69, 9.17) is 0 Å². The van der Waals surface area contributed by atoms with Crippen molar-refractivity contribution in [3.63, 3.8) is 0 Å². The minimum absolute atomic E-state index is 0.0226. The predicted octanol–water partition coefficient (Wildman–Crippen LogP) is 1.34. The number of aromatic hydroxyl groups is 1. The highest BCUT2D eigenvalue weighted by Crippen LogP contribution is 2.19. The molecule has 0 saturated carbocycles. The zero-order valence-corrected chi connectivity index (χ0v) is 11.7. The second-order valence-corrected chi connectivity index (χ2v) is 4.81. The number of amides is 2. The number of phenols is 1. The minimum Gasteiger partial charge on any atom is -0.508 e. The van der Waals surface area contributed by atoms with E-state index >= 15 is 0 Å². The standard InChI is InChI=1S/C14H20N2O3/c1-8(2)15-13(18)10(4)16-14(19)11-6-5-7-12(17)9(11)3/h5-8,10,17H,1-4H3,(H,15,18)(H,16,19). The van der Waals surface area contributed by atoms with Crippen LogP contribution in [0.15, 0.2) is 18.2 Å². The molecule has 104 valence electrons. The minimum atomic E-state index is -0.628. The van der Waals surface area contributed by atoms with Gasteiger partial charge in [0.25, 0.3) is 5.91 Å². The maximum absolute atomic E-state index is 12.0. The molecule has 19 heavy (non-hydrogen) atoms. The van der Waals surface area contributed by atoms with Gasteiger partial charge in [0, 0.05) is 17.2 Å². The SMILES string of the molecule is Cc1c(O)cccc1C(=O)NC(C)C(=O)NC(C)C. The molecule has 5 nitrogen and oxygen atoms in total. The van der Waals surface area contributed by atoms with Crippen molar-refractivity contribution in [2.75, 3.05) is 0 Å². The van der Waals surface area contributed by atoms with Crippen LogP contribution < -0.4 is 10.6 Å². The van der Waals surface area contributed by atoms with Crippen molar-refractivity contribution >= 4 is 11.8 Å². The molecule has 0 bridgehead atoms. The third-order valence-corrected chi connectivity index (χ3v) is 2.72. The van der Waals surface area contributed by atoms with E-state index in [-0.39, 0.29) is 23.6 Å². The summed E-state index contributed by atoms with van der Waals surface area (Å²) in [4.78, 5) is 23.7. The number of carbonyl (C=O) groups excluding carboxylic acids is 2. The van der Waals surface area contributed by atoms with Crippen LogP contribution in [0.2, 0.25) is 0 Å². The van der Waals surface area contributed by atoms with Crippen molar-refractivity contribution in [2.45, 2.75) is 39.8 Å². The Morgan fingerprint density at radius 1 is 1.16 bits per heavy atom. The zero-order chi connectivity index (χ0) is 14.6. The molecule has 3 N–H and O–H groups in total. The second-order valence-electron chi connectivity index (χ2n) is 4.81. The molecule has 1 aromatic carbocycles. The first-order valence-electron chi connectivity index (χ1n) is 6.22. The Bertz CT molecular complexity index is 484. The van der Waals surface area contributed by atoms with E-state index < -0.39 is 6.04 Å². The summed E-state index contributed by atoms with van der Waals surface area (Å²) in [6.07, 6.45) is 0. The van der Waals surface area contributed by atoms with E-state index in [0.29, 0.717) is 11.1 Å². The van der Waals surface area contributed by atoms with Crippen molar-refractivity contribution < 1.29 is 14.7 Å². The number of phenolic OH excluding ortho intramolecular Hbond substituents is 1. The lowest BCUT2D eigenvalue weighted by Crippen LogP contribution is -2.46. The van der Waals surface area contributed by atoms with Crippen LogP contribution in [0, 0.1) is 6.92 Å². The number of nitrogens with one attached hydrogen (secondary N) is 2. The molecular formula is C14H20N2O3. The Labute approximate surface area is 113 Å². The van der Waals surface area contributed by atoms with Gasteiger partial charge < -0.3 is 15.7 Å². The van der Waals surface area contributed by atoms with Gasteiger partial charge in [0.1, 0.15) is 11.8 Å². The van der Waals surface area contributed by atoms with Crippen LogP contribution in [-0.4, -0.2) is 29.0 Å². The van der Waals surface area contributed by atoms with Crippen molar-refractivity contribution in [3.8, 4) is 5.75 Å². The average molecular weight is 264 g/mol. The maximum Gasteiger partial charge on any atom is 0.252 e. The van der Waals surface area contributed by atoms with Gasteiger partial charge in [0.05, 0.1) is 0 Å². The molecular weight excluding hydrogens is 244 g/mol. The number of hydrogen-bond acceptors (Lipinski definition) is 3. The molecule has 1 unspecified atom stereocenters. The molecule has 1 aromatic rings. The Morgan fingerprint density at radius 3 is 2.37 bits per heavy atom. The number of carbonyl (C=O) groups is 2. The highest BCUT2D eigenvalue weighted by molar-refractivity contribution is 5.99. The van der Waals surface area contributed by atoms with Crippen LogP contribution in [0.1, 0.15) is 36.7 Å². The summed E-state index contributed by atoms with van der Waals surface area (Å²) < 4.78 is 0. The van der Waals surface area contributed by atoms with Gasteiger partial charge in [-0.3, -0.25) is 9.59 Å². The van der Waals surface area contributed by atoms with Gasteiger partial charge in [-0.05, 0) is 39.8 Å². The number of benzene rings is 1. The fourth-order valence-corrected chi connectivity index (χ4v) is 1.62. The normalized spacial score (nSPS) is 12.1. The Morgan fingerprint density at radius 2 is 1.79 bits per heavy atom. The first-order valence-corrected chi connectivity index (χ1v) is 6.22. The summed E-state index contributed by atoms with van der Waals surface area (Å²) in [5.41, 5.74) is 0.862. The van der Waals surface area contributed by atoms with Crippen molar-refractivity contribution in [1.82, 2.24) is 10.6 Å². The van der Waals surface area contributed by atoms with E-state index in [9.17, 15) is 14.7 Å². The first-order chi connectivity index (χ1) is 8.82. The third kappa shape index (κ3) is 3.98. The van der Waals surface area contributed by atoms with Crippen LogP contribution >= 0.6 is 0 Å². The van der Waals surface area contributed by atoms with Crippen molar-refractivity contribution in [3.05, 3.63) is 29.3 Å². The maximum atomic E-state index is 12.0. The van der Waals surface area contributed by atoms with Crippen LogP contribution in [0.5, 0.6) is 5.75 Å². The summed E-state index contributed by atoms with van der Waals surface area (Å²) in [7, 11) is 0. The van der Waals surface area contributed by atoms with Gasteiger partial charge in [0.15, 0.2) is 0 Å². The lowest BCUT2D eigenvalue weighted by molar-refractivity contribution is -0.123. The molecule has 5 heteroatoms. The average Bonchev–Trinajstić information content (AvgIpc) is 2.31. The summed E-state index contributed by atoms with van der Waals surface area (Å²) in [5, 5.41) is 14.9. The Kier molecular flexibility index (Phi) is 4.92. The predicted molar refractivity (Wildman–Crippen MR) is 73.1 cm³/mol. The molecule has 1 atom stereocenters. The highest BCUT2D eigenvalue weighted by atomic mass is 16.3. The van der Waals surface area contributed by atoms with Crippen LogP contribution in [-0.2, 0) is 4.79 Å². The molecule has 1 rings (SSSR count). The van der Waals surface area contributed by atoms with E-state index in [1.165, 1.54) is 6.07 Å². The number of hydrogen-bond donors (Lipinski definition) is 3. The van der Waals surface area contributed by atoms with Crippen LogP contribution in [0.25, 0.3) is 0 Å². The van der Waals surface area contributed by atoms with Gasteiger partial charge in [-0.25, -0.2) is 0 Å². The molecule has 0 fully saturated rings. The number of rotatable bonds is 4. The van der Waals surface area contributed by atoms with Crippen LogP contribution in [0.4, 0.5) is 0 Å². The molecule has 2 amide bonds. The van der Waals surface area contributed by atoms with Crippen molar-refractivity contribution in [1.29, 1.82) is 0 Å². The van der Waals surface area contributed by atoms with Gasteiger partial charge >= 0.3 is 0 Å². The molecule has 0 spiro atoms. The second kappa shape index (κ2) is 6.22. The molecule has 0 radical (unpaired) electrons. The van der Waals surface area contributed by atoms with Gasteiger partial charge in [-0.15, -0.1) is 0 Å². The topological polar surface area (TPSA) is 78.4 Å². The lowest BCUT2D eigenvalue weighted by atomic mass is 10.1. The van der Waals surface area contributed by atoms with Gasteiger partial charge in [-0.1, -0.05) is 6.07 Å². The van der Waals surface area contributed by atoms with E-state index in [0.717, 1.165) is 0 Å². The van der Waals surface area contributed by atoms with E-state index in [2.05, 4.69) is 10.6 Å². The lowest BCUT2D eigenvalue weighted by Gasteiger charge is -2.16. The monoisotopic (exact) mass is 264 g/mol. The first kappa shape index (κ1) is 15.0. The summed E-state index contributed by atoms with van der Waals surface area (Å²) in [6.45, 7) is 6.98. The molecule has 0 aliphatic carbocycles. The summed E-state index contributed by atoms with van der Waals surface area (Å²) >= 11 is 0. The highest BCUT2D eigenvalue weighted by Gasteiger charge is 2.18. The zero-order valence-electron chi connectivity index (χ0n) is 11.7. The Balaban J connectivity index is 2.74. The molecule has 0 aliphatic heterocycles. The fourth-order valence-electron chi connectivity index (χ4n) is 1.62. The van der Waals surface area contributed by atoms with E-state index in [1.54, 1.807) is 26.0 Å². The van der Waals surface area contributed by atoms with E-state index in [1.807, 2.05) is 13.8 Å². The van der Waals surface area contributed by atoms with Crippen molar-refractivity contribution in [2.24, 2.45) is 0 Å². The molecule has 0 heterocycles. The summed E-state index contributed by atoms with van der Waals surface area (Å²) in [5.74, 6) is -0.548. The third-order valence-electron chi connectivity index (χ3n) is 2.72. The smallest absolute Gasteiger partial charge is 0.252 e. The van der Waals surface area contributed by atoms with Crippen LogP contribution in [0.3, 0.4) is 0 Å². The fraction of sp³-hybridized carbons (Fsp3) is 0.429. The Hall–Kier alpha value is -2.04. The largest absolute Gasteiger partial charge is 0.508 e. The van der Waals surface area contributed by atoms with Gasteiger partial charge in [0.2, 0.25) is 5.91 Å². The summed E-state index contributed by atoms with van der Waals surface area (Å²) in [6, 6.07) is 4.11.